The molecule has 0 unspecified atom stereocenters. The highest BCUT2D eigenvalue weighted by Crippen LogP contribution is 2.19. The van der Waals surface area contributed by atoms with Gasteiger partial charge in [-0.1, -0.05) is 5.16 Å². The molecule has 88 valence electrons. The molecule has 0 bridgehead atoms. The molecule has 0 saturated carbocycles. The summed E-state index contributed by atoms with van der Waals surface area (Å²) in [5.74, 6) is 0.134. The average Bonchev–Trinajstić information content (AvgIpc) is 2.80. The third-order valence-electron chi connectivity index (χ3n) is 2.25. The summed E-state index contributed by atoms with van der Waals surface area (Å²) in [6.07, 6.45) is 1.55. The van der Waals surface area contributed by atoms with Gasteiger partial charge >= 0.3 is 0 Å². The zero-order valence-electron chi connectivity index (χ0n) is 9.01. The lowest BCUT2D eigenvalue weighted by Crippen LogP contribution is -2.14. The van der Waals surface area contributed by atoms with Crippen LogP contribution in [-0.4, -0.2) is 11.1 Å². The van der Waals surface area contributed by atoms with Crippen LogP contribution in [0, 0.1) is 0 Å². The van der Waals surface area contributed by atoms with Crippen molar-refractivity contribution in [3.8, 4) is 0 Å². The van der Waals surface area contributed by atoms with E-state index < -0.39 is 5.91 Å². The Morgan fingerprint density at radius 2 is 2.24 bits per heavy atom. The Morgan fingerprint density at radius 3 is 2.88 bits per heavy atom. The van der Waals surface area contributed by atoms with E-state index in [1.807, 2.05) is 0 Å². The predicted octanol–water partition coefficient (Wildman–Crippen LogP) is 0.968. The van der Waals surface area contributed by atoms with Crippen molar-refractivity contribution in [2.75, 3.05) is 11.1 Å². The summed E-state index contributed by atoms with van der Waals surface area (Å²) in [6.45, 7) is 0.421. The first kappa shape index (κ1) is 11.0. The standard InChI is InChI=1S/C11H12N4O2/c12-7-1-2-10(9(5-7)11(13)16)14-6-8-3-4-15-17-8/h1-5,14H,6,12H2,(H2,13,16). The number of nitrogens with two attached hydrogens (primary N) is 2. The fraction of sp³-hybridized carbons (Fsp3) is 0.0909. The van der Waals surface area contributed by atoms with Gasteiger partial charge in [0.1, 0.15) is 0 Å². The highest BCUT2D eigenvalue weighted by atomic mass is 16.5. The van der Waals surface area contributed by atoms with Crippen LogP contribution in [-0.2, 0) is 6.54 Å². The predicted molar refractivity (Wildman–Crippen MR) is 63.2 cm³/mol. The van der Waals surface area contributed by atoms with Crippen LogP contribution >= 0.6 is 0 Å². The van der Waals surface area contributed by atoms with Gasteiger partial charge in [-0.25, -0.2) is 0 Å². The first-order valence-corrected chi connectivity index (χ1v) is 4.99. The third kappa shape index (κ3) is 2.54. The first-order valence-electron chi connectivity index (χ1n) is 4.99. The summed E-state index contributed by atoms with van der Waals surface area (Å²) in [5, 5.41) is 6.61. The van der Waals surface area contributed by atoms with Crippen molar-refractivity contribution >= 4 is 17.3 Å². The minimum atomic E-state index is -0.530. The normalized spacial score (nSPS) is 10.1. The highest BCUT2D eigenvalue weighted by Gasteiger charge is 2.08. The van der Waals surface area contributed by atoms with E-state index in [0.717, 1.165) is 0 Å². The molecule has 0 aliphatic rings. The number of aromatic nitrogens is 1. The summed E-state index contributed by atoms with van der Waals surface area (Å²) in [5.41, 5.74) is 12.3. The van der Waals surface area contributed by atoms with Crippen LogP contribution in [0.25, 0.3) is 0 Å². The highest BCUT2D eigenvalue weighted by molar-refractivity contribution is 5.99. The Hall–Kier alpha value is -2.50. The second kappa shape index (κ2) is 4.56. The maximum atomic E-state index is 11.2. The van der Waals surface area contributed by atoms with Crippen LogP contribution in [0.5, 0.6) is 0 Å². The Balaban J connectivity index is 2.17. The maximum absolute atomic E-state index is 11.2. The van der Waals surface area contributed by atoms with E-state index >= 15 is 0 Å². The van der Waals surface area contributed by atoms with Gasteiger partial charge in [-0.2, -0.15) is 0 Å². The lowest BCUT2D eigenvalue weighted by molar-refractivity contribution is 0.100. The van der Waals surface area contributed by atoms with Crippen molar-refractivity contribution in [2.24, 2.45) is 5.73 Å². The molecule has 0 radical (unpaired) electrons. The number of primary amides is 1. The van der Waals surface area contributed by atoms with Gasteiger partial charge in [0, 0.05) is 17.4 Å². The number of nitrogens with one attached hydrogen (secondary N) is 1. The number of nitrogen functional groups attached to an aromatic ring is 1. The van der Waals surface area contributed by atoms with Crippen LogP contribution in [0.3, 0.4) is 0 Å². The lowest BCUT2D eigenvalue weighted by atomic mass is 10.1. The first-order chi connectivity index (χ1) is 8.16. The van der Waals surface area contributed by atoms with Crippen molar-refractivity contribution < 1.29 is 9.32 Å². The number of rotatable bonds is 4. The topological polar surface area (TPSA) is 107 Å². The summed E-state index contributed by atoms with van der Waals surface area (Å²) in [7, 11) is 0. The molecule has 2 aromatic rings. The van der Waals surface area contributed by atoms with Gasteiger partial charge in [-0.3, -0.25) is 4.79 Å². The van der Waals surface area contributed by atoms with Gasteiger partial charge in [0.25, 0.3) is 5.91 Å². The van der Waals surface area contributed by atoms with E-state index in [0.29, 0.717) is 29.2 Å². The monoisotopic (exact) mass is 232 g/mol. The van der Waals surface area contributed by atoms with E-state index in [-0.39, 0.29) is 0 Å². The van der Waals surface area contributed by atoms with Gasteiger partial charge in [0.2, 0.25) is 0 Å². The molecule has 0 saturated heterocycles. The molecule has 5 N–H and O–H groups in total. The minimum absolute atomic E-state index is 0.351. The molecule has 1 aromatic carbocycles. The Morgan fingerprint density at radius 1 is 1.41 bits per heavy atom. The molecule has 1 aromatic heterocycles. The van der Waals surface area contributed by atoms with Gasteiger partial charge in [-0.05, 0) is 18.2 Å². The fourth-order valence-electron chi connectivity index (χ4n) is 1.44. The third-order valence-corrected chi connectivity index (χ3v) is 2.25. The van der Waals surface area contributed by atoms with Crippen LogP contribution in [0.2, 0.25) is 0 Å². The van der Waals surface area contributed by atoms with Crippen molar-refractivity contribution in [3.05, 3.63) is 41.8 Å². The molecule has 0 fully saturated rings. The quantitative estimate of drug-likeness (QED) is 0.681. The zero-order chi connectivity index (χ0) is 12.3. The van der Waals surface area contributed by atoms with Gasteiger partial charge in [0.05, 0.1) is 18.3 Å². The molecular weight excluding hydrogens is 220 g/mol. The van der Waals surface area contributed by atoms with Crippen LogP contribution in [0.1, 0.15) is 16.1 Å². The molecule has 1 heterocycles. The molecule has 0 aliphatic carbocycles. The molecule has 1 amide bonds. The zero-order valence-corrected chi connectivity index (χ0v) is 9.01. The van der Waals surface area contributed by atoms with Gasteiger partial charge in [0.15, 0.2) is 5.76 Å². The van der Waals surface area contributed by atoms with Crippen molar-refractivity contribution in [3.63, 3.8) is 0 Å². The summed E-state index contributed by atoms with van der Waals surface area (Å²) in [6, 6.07) is 6.65. The maximum Gasteiger partial charge on any atom is 0.250 e. The van der Waals surface area contributed by atoms with Gasteiger partial charge in [-0.15, -0.1) is 0 Å². The van der Waals surface area contributed by atoms with E-state index in [4.69, 9.17) is 16.0 Å². The smallest absolute Gasteiger partial charge is 0.250 e. The van der Waals surface area contributed by atoms with Crippen LogP contribution in [0.4, 0.5) is 11.4 Å². The number of hydrogen-bond donors (Lipinski definition) is 3. The summed E-state index contributed by atoms with van der Waals surface area (Å²) in [4.78, 5) is 11.2. The van der Waals surface area contributed by atoms with E-state index in [2.05, 4.69) is 10.5 Å². The number of nitrogens with zero attached hydrogens (tertiary/aromatic N) is 1. The number of anilines is 2. The van der Waals surface area contributed by atoms with Crippen molar-refractivity contribution in [2.45, 2.75) is 6.54 Å². The fourth-order valence-corrected chi connectivity index (χ4v) is 1.44. The van der Waals surface area contributed by atoms with E-state index in [1.54, 1.807) is 24.4 Å². The van der Waals surface area contributed by atoms with E-state index in [1.165, 1.54) is 6.07 Å². The van der Waals surface area contributed by atoms with Gasteiger partial charge < -0.3 is 21.3 Å². The second-order valence-electron chi connectivity index (χ2n) is 3.50. The van der Waals surface area contributed by atoms with Crippen LogP contribution < -0.4 is 16.8 Å². The summed E-state index contributed by atoms with van der Waals surface area (Å²) < 4.78 is 4.93. The number of hydrogen-bond acceptors (Lipinski definition) is 5. The SMILES string of the molecule is NC(=O)c1cc(N)ccc1NCc1ccno1. The molecule has 6 heteroatoms. The van der Waals surface area contributed by atoms with E-state index in [9.17, 15) is 4.79 Å². The number of amides is 1. The minimum Gasteiger partial charge on any atom is -0.399 e. The molecule has 17 heavy (non-hydrogen) atoms. The number of carbonyl (C=O) groups excluding carboxylic acids is 1. The Bertz CT molecular complexity index is 522. The molecule has 0 aliphatic heterocycles. The second-order valence-corrected chi connectivity index (χ2v) is 3.50. The van der Waals surface area contributed by atoms with Crippen molar-refractivity contribution in [1.29, 1.82) is 0 Å². The average molecular weight is 232 g/mol. The molecule has 2 rings (SSSR count). The number of carbonyl (C=O) groups is 1. The lowest BCUT2D eigenvalue weighted by Gasteiger charge is -2.09. The Labute approximate surface area is 97.6 Å². The molecule has 0 atom stereocenters. The Kier molecular flexibility index (Phi) is 2.95. The largest absolute Gasteiger partial charge is 0.399 e. The van der Waals surface area contributed by atoms with Crippen LogP contribution in [0.15, 0.2) is 35.0 Å². The number of benzene rings is 1. The molecule has 6 nitrogen and oxygen atoms in total. The van der Waals surface area contributed by atoms with Crippen molar-refractivity contribution in [1.82, 2.24) is 5.16 Å². The molecular formula is C11H12N4O2. The summed E-state index contributed by atoms with van der Waals surface area (Å²) >= 11 is 0. The molecule has 0 spiro atoms.